The summed E-state index contributed by atoms with van der Waals surface area (Å²) in [6.07, 6.45) is 1.03. The molecule has 4 nitrogen and oxygen atoms in total. The maximum absolute atomic E-state index is 12.0. The minimum Gasteiger partial charge on any atom is -0.361 e. The molecule has 0 aliphatic rings. The summed E-state index contributed by atoms with van der Waals surface area (Å²) in [6.45, 7) is 2.43. The van der Waals surface area contributed by atoms with Gasteiger partial charge in [0.05, 0.1) is 12.1 Å². The number of amides is 1. The third-order valence-corrected chi connectivity index (χ3v) is 3.80. The molecule has 24 heavy (non-hydrogen) atoms. The highest BCUT2D eigenvalue weighted by Crippen LogP contribution is 2.19. The summed E-state index contributed by atoms with van der Waals surface area (Å²) in [6, 6.07) is 20.2. The van der Waals surface area contributed by atoms with Crippen molar-refractivity contribution in [3.8, 4) is 11.1 Å². The van der Waals surface area contributed by atoms with E-state index in [1.165, 1.54) is 5.56 Å². The first-order chi connectivity index (χ1) is 11.7. The molecule has 4 heteroatoms. The minimum atomic E-state index is 0.0127. The molecule has 0 unspecified atom stereocenters. The quantitative estimate of drug-likeness (QED) is 0.755. The van der Waals surface area contributed by atoms with Gasteiger partial charge in [-0.3, -0.25) is 4.79 Å². The predicted octanol–water partition coefficient (Wildman–Crippen LogP) is 3.55. The van der Waals surface area contributed by atoms with Crippen LogP contribution in [0.5, 0.6) is 0 Å². The van der Waals surface area contributed by atoms with Crippen molar-refractivity contribution in [1.29, 1.82) is 0 Å². The first-order valence-corrected chi connectivity index (χ1v) is 8.04. The second kappa shape index (κ2) is 7.59. The molecule has 0 atom stereocenters. The van der Waals surface area contributed by atoms with Gasteiger partial charge >= 0.3 is 0 Å². The molecule has 2 aromatic carbocycles. The maximum Gasteiger partial charge on any atom is 0.224 e. The topological polar surface area (TPSA) is 55.1 Å². The molecule has 1 N–H and O–H groups in total. The van der Waals surface area contributed by atoms with E-state index in [0.717, 1.165) is 22.6 Å². The lowest BCUT2D eigenvalue weighted by molar-refractivity contribution is -0.120. The number of aryl methyl sites for hydroxylation is 1. The Bertz CT molecular complexity index is 792. The Hall–Kier alpha value is -2.88. The van der Waals surface area contributed by atoms with E-state index in [1.54, 1.807) is 0 Å². The third kappa shape index (κ3) is 4.32. The third-order valence-electron chi connectivity index (χ3n) is 3.80. The Morgan fingerprint density at radius 1 is 1.04 bits per heavy atom. The van der Waals surface area contributed by atoms with E-state index in [2.05, 4.69) is 34.7 Å². The number of benzene rings is 2. The van der Waals surface area contributed by atoms with Crippen molar-refractivity contribution in [2.75, 3.05) is 6.54 Å². The van der Waals surface area contributed by atoms with Crippen LogP contribution in [-0.4, -0.2) is 17.6 Å². The van der Waals surface area contributed by atoms with Crippen LogP contribution in [0.25, 0.3) is 11.1 Å². The number of nitrogens with one attached hydrogen (secondary N) is 1. The number of rotatable bonds is 6. The van der Waals surface area contributed by atoms with Gasteiger partial charge in [0.1, 0.15) is 5.76 Å². The maximum atomic E-state index is 12.0. The Labute approximate surface area is 141 Å². The van der Waals surface area contributed by atoms with E-state index < -0.39 is 0 Å². The monoisotopic (exact) mass is 320 g/mol. The number of carbonyl (C=O) groups excluding carboxylic acids is 1. The molecule has 0 saturated heterocycles. The zero-order valence-electron chi connectivity index (χ0n) is 13.7. The fourth-order valence-electron chi connectivity index (χ4n) is 2.55. The van der Waals surface area contributed by atoms with Gasteiger partial charge in [0, 0.05) is 19.0 Å². The lowest BCUT2D eigenvalue weighted by Gasteiger charge is -2.06. The highest BCUT2D eigenvalue weighted by molar-refractivity contribution is 5.78. The summed E-state index contributed by atoms with van der Waals surface area (Å²) in [4.78, 5) is 12.0. The van der Waals surface area contributed by atoms with E-state index in [1.807, 2.05) is 43.3 Å². The average Bonchev–Trinajstić information content (AvgIpc) is 3.02. The van der Waals surface area contributed by atoms with Gasteiger partial charge in [-0.15, -0.1) is 0 Å². The molecule has 1 heterocycles. The molecular formula is C20H20N2O2. The Kier molecular flexibility index (Phi) is 5.06. The van der Waals surface area contributed by atoms with Gasteiger partial charge in [0.25, 0.3) is 0 Å². The SMILES string of the molecule is Cc1cc(CCNC(=O)Cc2ccc(-c3ccccc3)cc2)on1. The molecule has 0 aliphatic heterocycles. The molecular weight excluding hydrogens is 300 g/mol. The largest absolute Gasteiger partial charge is 0.361 e. The van der Waals surface area contributed by atoms with E-state index >= 15 is 0 Å². The van der Waals surface area contributed by atoms with Crippen molar-refractivity contribution in [3.05, 3.63) is 77.7 Å². The van der Waals surface area contributed by atoms with Gasteiger partial charge in [-0.1, -0.05) is 59.8 Å². The van der Waals surface area contributed by atoms with Crippen LogP contribution in [0.15, 0.2) is 65.2 Å². The highest BCUT2D eigenvalue weighted by Gasteiger charge is 2.05. The van der Waals surface area contributed by atoms with E-state index in [-0.39, 0.29) is 5.91 Å². The van der Waals surface area contributed by atoms with Gasteiger partial charge < -0.3 is 9.84 Å². The van der Waals surface area contributed by atoms with Gasteiger partial charge in [0.2, 0.25) is 5.91 Å². The van der Waals surface area contributed by atoms with Crippen LogP contribution in [0.3, 0.4) is 0 Å². The van der Waals surface area contributed by atoms with Crippen LogP contribution in [0, 0.1) is 6.92 Å². The fraction of sp³-hybridized carbons (Fsp3) is 0.200. The Morgan fingerprint density at radius 3 is 2.42 bits per heavy atom. The molecule has 0 fully saturated rings. The number of hydrogen-bond acceptors (Lipinski definition) is 3. The summed E-state index contributed by atoms with van der Waals surface area (Å²) in [7, 11) is 0. The van der Waals surface area contributed by atoms with Crippen molar-refractivity contribution >= 4 is 5.91 Å². The fourth-order valence-corrected chi connectivity index (χ4v) is 2.55. The highest BCUT2D eigenvalue weighted by atomic mass is 16.5. The molecule has 0 saturated carbocycles. The molecule has 122 valence electrons. The average molecular weight is 320 g/mol. The number of nitrogens with zero attached hydrogens (tertiary/aromatic N) is 1. The van der Waals surface area contributed by atoms with Gasteiger partial charge in [-0.2, -0.15) is 0 Å². The van der Waals surface area contributed by atoms with E-state index in [4.69, 9.17) is 4.52 Å². The summed E-state index contributed by atoms with van der Waals surface area (Å²) in [5.41, 5.74) is 4.19. The Balaban J connectivity index is 1.49. The van der Waals surface area contributed by atoms with Crippen molar-refractivity contribution in [3.63, 3.8) is 0 Å². The number of aromatic nitrogens is 1. The second-order valence-electron chi connectivity index (χ2n) is 5.77. The van der Waals surface area contributed by atoms with Crippen molar-refractivity contribution in [2.45, 2.75) is 19.8 Å². The molecule has 1 amide bonds. The lowest BCUT2D eigenvalue weighted by Crippen LogP contribution is -2.27. The van der Waals surface area contributed by atoms with Crippen LogP contribution in [0.1, 0.15) is 17.0 Å². The predicted molar refractivity (Wildman–Crippen MR) is 93.5 cm³/mol. The zero-order valence-corrected chi connectivity index (χ0v) is 13.7. The molecule has 3 rings (SSSR count). The molecule has 1 aromatic heterocycles. The van der Waals surface area contributed by atoms with Gasteiger partial charge in [-0.05, 0) is 23.6 Å². The summed E-state index contributed by atoms with van der Waals surface area (Å²) < 4.78 is 5.12. The number of carbonyl (C=O) groups is 1. The normalized spacial score (nSPS) is 10.5. The van der Waals surface area contributed by atoms with Crippen LogP contribution in [-0.2, 0) is 17.6 Å². The Morgan fingerprint density at radius 2 is 1.75 bits per heavy atom. The zero-order chi connectivity index (χ0) is 16.8. The summed E-state index contributed by atoms with van der Waals surface area (Å²) in [5.74, 6) is 0.804. The molecule has 0 spiro atoms. The second-order valence-corrected chi connectivity index (χ2v) is 5.77. The van der Waals surface area contributed by atoms with Crippen molar-refractivity contribution < 1.29 is 9.32 Å². The van der Waals surface area contributed by atoms with E-state index in [9.17, 15) is 4.79 Å². The molecule has 0 aliphatic carbocycles. The van der Waals surface area contributed by atoms with Gasteiger partial charge in [0.15, 0.2) is 0 Å². The number of hydrogen-bond donors (Lipinski definition) is 1. The minimum absolute atomic E-state index is 0.0127. The van der Waals surface area contributed by atoms with E-state index in [0.29, 0.717) is 19.4 Å². The molecule has 3 aromatic rings. The summed E-state index contributed by atoms with van der Waals surface area (Å²) in [5, 5.41) is 6.74. The smallest absolute Gasteiger partial charge is 0.224 e. The summed E-state index contributed by atoms with van der Waals surface area (Å²) >= 11 is 0. The van der Waals surface area contributed by atoms with Crippen LogP contribution < -0.4 is 5.32 Å². The van der Waals surface area contributed by atoms with Gasteiger partial charge in [-0.25, -0.2) is 0 Å². The lowest BCUT2D eigenvalue weighted by atomic mass is 10.0. The molecule has 0 radical (unpaired) electrons. The van der Waals surface area contributed by atoms with Crippen LogP contribution in [0.2, 0.25) is 0 Å². The standard InChI is InChI=1S/C20H20N2O2/c1-15-13-19(24-22-15)11-12-21-20(23)14-16-7-9-18(10-8-16)17-5-3-2-4-6-17/h2-10,13H,11-12,14H2,1H3,(H,21,23). The van der Waals surface area contributed by atoms with Crippen LogP contribution >= 0.6 is 0 Å². The molecule has 0 bridgehead atoms. The van der Waals surface area contributed by atoms with Crippen molar-refractivity contribution in [2.24, 2.45) is 0 Å². The van der Waals surface area contributed by atoms with Crippen molar-refractivity contribution in [1.82, 2.24) is 10.5 Å². The first kappa shape index (κ1) is 16.0. The van der Waals surface area contributed by atoms with Crippen LogP contribution in [0.4, 0.5) is 0 Å². The first-order valence-electron chi connectivity index (χ1n) is 8.04.